The summed E-state index contributed by atoms with van der Waals surface area (Å²) in [6.45, 7) is 5.67. The molecule has 42 heavy (non-hydrogen) atoms. The quantitative estimate of drug-likeness (QED) is 0.245. The average Bonchev–Trinajstić information content (AvgIpc) is 2.90. The van der Waals surface area contributed by atoms with E-state index in [0.717, 1.165) is 24.8 Å². The third kappa shape index (κ3) is 6.53. The number of carbonyl (C=O) groups excluding carboxylic acids is 1. The van der Waals surface area contributed by atoms with Crippen LogP contribution >= 0.6 is 0 Å². The van der Waals surface area contributed by atoms with Crippen LogP contribution in [0, 0.1) is 11.8 Å². The molecule has 0 N–H and O–H groups in total. The van der Waals surface area contributed by atoms with Crippen molar-refractivity contribution in [1.82, 2.24) is 4.90 Å². The van der Waals surface area contributed by atoms with Crippen molar-refractivity contribution in [3.63, 3.8) is 0 Å². The number of hydrogen-bond donors (Lipinski definition) is 0. The summed E-state index contributed by atoms with van der Waals surface area (Å²) in [5.41, 5.74) is -0.140. The molecule has 2 aliphatic heterocycles. The van der Waals surface area contributed by atoms with Crippen LogP contribution in [0.1, 0.15) is 95.7 Å². The summed E-state index contributed by atoms with van der Waals surface area (Å²) >= 11 is 0. The minimum Gasteiger partial charge on any atom is -0.490 e. The summed E-state index contributed by atoms with van der Waals surface area (Å²) in [6, 6.07) is 8.11. The molecule has 10 heteroatoms. The van der Waals surface area contributed by atoms with Crippen molar-refractivity contribution < 1.29 is 40.6 Å². The molecule has 3 fully saturated rings. The molecule has 232 valence electrons. The Balaban J connectivity index is 1.40. The number of piperidine rings is 2. The lowest BCUT2D eigenvalue weighted by Crippen LogP contribution is -2.54. The highest BCUT2D eigenvalue weighted by Crippen LogP contribution is 2.46. The lowest BCUT2D eigenvalue weighted by molar-refractivity contribution is -0.185. The molecule has 2 aromatic carbocycles. The second-order valence-electron chi connectivity index (χ2n) is 12.6. The van der Waals surface area contributed by atoms with Gasteiger partial charge in [0.15, 0.2) is 0 Å². The molecule has 3 atom stereocenters. The van der Waals surface area contributed by atoms with Crippen molar-refractivity contribution in [2.45, 2.75) is 121 Å². The zero-order chi connectivity index (χ0) is 30.4. The van der Waals surface area contributed by atoms with Crippen LogP contribution in [0.4, 0.5) is 26.3 Å². The molecular formula is C32H39F6NO3. The number of rotatable bonds is 6. The minimum atomic E-state index is -4.72. The minimum absolute atomic E-state index is 0.0221. The molecule has 2 saturated heterocycles. The summed E-state index contributed by atoms with van der Waals surface area (Å²) in [5, 5.41) is 0.440. The summed E-state index contributed by atoms with van der Waals surface area (Å²) in [4.78, 5) is 15.1. The lowest BCUT2D eigenvalue weighted by atomic mass is 9.77. The molecule has 1 aliphatic carbocycles. The van der Waals surface area contributed by atoms with E-state index in [9.17, 15) is 31.1 Å². The Morgan fingerprint density at radius 3 is 2.07 bits per heavy atom. The van der Waals surface area contributed by atoms with Crippen LogP contribution in [-0.2, 0) is 15.7 Å². The number of nitrogens with zero attached hydrogens (tertiary/aromatic N) is 1. The van der Waals surface area contributed by atoms with Crippen molar-refractivity contribution in [1.29, 1.82) is 0 Å². The van der Waals surface area contributed by atoms with E-state index >= 15 is 0 Å². The average molecular weight is 600 g/mol. The third-order valence-electron chi connectivity index (χ3n) is 9.37. The van der Waals surface area contributed by atoms with E-state index in [1.165, 1.54) is 6.07 Å². The van der Waals surface area contributed by atoms with Gasteiger partial charge in [0, 0.05) is 18.1 Å². The maximum Gasteiger partial charge on any atom is 0.420 e. The maximum absolute atomic E-state index is 14.6. The van der Waals surface area contributed by atoms with Gasteiger partial charge >= 0.3 is 18.3 Å². The number of carbonyl (C=O) groups is 1. The molecule has 5 rings (SSSR count). The van der Waals surface area contributed by atoms with Gasteiger partial charge < -0.3 is 9.47 Å². The highest BCUT2D eigenvalue weighted by atomic mass is 19.4. The van der Waals surface area contributed by atoms with Gasteiger partial charge in [0.1, 0.15) is 11.3 Å². The number of esters is 1. The zero-order valence-corrected chi connectivity index (χ0v) is 24.2. The first kappa shape index (κ1) is 31.0. The van der Waals surface area contributed by atoms with Gasteiger partial charge in [-0.1, -0.05) is 24.6 Å². The van der Waals surface area contributed by atoms with Crippen molar-refractivity contribution in [2.24, 2.45) is 11.8 Å². The van der Waals surface area contributed by atoms with Crippen LogP contribution < -0.4 is 4.74 Å². The first-order chi connectivity index (χ1) is 19.7. The Hall–Kier alpha value is -2.49. The van der Waals surface area contributed by atoms with Gasteiger partial charge in [0.05, 0.1) is 24.0 Å². The van der Waals surface area contributed by atoms with Crippen LogP contribution in [0.25, 0.3) is 10.8 Å². The number of ether oxygens (including phenoxy) is 2. The molecular weight excluding hydrogens is 560 g/mol. The molecule has 0 amide bonds. The third-order valence-corrected chi connectivity index (χ3v) is 9.37. The van der Waals surface area contributed by atoms with Gasteiger partial charge in [-0.3, -0.25) is 9.69 Å². The van der Waals surface area contributed by atoms with E-state index < -0.39 is 29.9 Å². The van der Waals surface area contributed by atoms with E-state index in [1.807, 2.05) is 26.8 Å². The van der Waals surface area contributed by atoms with E-state index in [0.29, 0.717) is 18.2 Å². The highest BCUT2D eigenvalue weighted by molar-refractivity contribution is 5.89. The summed E-state index contributed by atoms with van der Waals surface area (Å²) in [6.07, 6.45) is -5.88. The zero-order valence-electron chi connectivity index (χ0n) is 24.2. The molecule has 0 radical (unpaired) electrons. The van der Waals surface area contributed by atoms with Crippen LogP contribution in [0.2, 0.25) is 0 Å². The molecule has 1 saturated carbocycles. The monoisotopic (exact) mass is 599 g/mol. The topological polar surface area (TPSA) is 38.8 Å². The molecule has 0 spiro atoms. The second kappa shape index (κ2) is 11.9. The Bertz CT molecular complexity index is 1250. The van der Waals surface area contributed by atoms with Crippen molar-refractivity contribution in [3.05, 3.63) is 41.5 Å². The van der Waals surface area contributed by atoms with E-state index in [2.05, 4.69) is 4.90 Å². The standard InChI is InChI=1S/C32H39F6NO3/c1-18(2)41-30(40)22-15-24-5-4-6-25(16-22)39(24)19(3)21-8-7-20-9-14-28(29(27(20)17-21)32(36,37)38)42-26-12-10-23(11-13-26)31(33,34)35/h7-9,14,17-19,22-26H,4-6,10-13,15-16H2,1-3H3/t19?,22?,23-,24?,25?,26+. The highest BCUT2D eigenvalue weighted by Gasteiger charge is 2.45. The predicted octanol–water partition coefficient (Wildman–Crippen LogP) is 9.00. The van der Waals surface area contributed by atoms with E-state index in [1.54, 1.807) is 18.2 Å². The fourth-order valence-corrected chi connectivity index (χ4v) is 7.40. The molecule has 2 aromatic rings. The smallest absolute Gasteiger partial charge is 0.420 e. The van der Waals surface area contributed by atoms with Crippen LogP contribution in [0.15, 0.2) is 30.3 Å². The molecule has 3 aliphatic rings. The number of halogens is 6. The van der Waals surface area contributed by atoms with Gasteiger partial charge in [-0.2, -0.15) is 26.3 Å². The van der Waals surface area contributed by atoms with Gasteiger partial charge in [0.25, 0.3) is 0 Å². The van der Waals surface area contributed by atoms with Gasteiger partial charge in [-0.15, -0.1) is 0 Å². The Labute approximate surface area is 242 Å². The lowest BCUT2D eigenvalue weighted by Gasteiger charge is -2.51. The largest absolute Gasteiger partial charge is 0.490 e. The van der Waals surface area contributed by atoms with E-state index in [-0.39, 0.29) is 72.9 Å². The number of alkyl halides is 6. The predicted molar refractivity (Wildman–Crippen MR) is 147 cm³/mol. The first-order valence-corrected chi connectivity index (χ1v) is 15.1. The normalized spacial score (nSPS) is 28.1. The fraction of sp³-hybridized carbons (Fsp3) is 0.656. The molecule has 3 unspecified atom stereocenters. The van der Waals surface area contributed by atoms with Gasteiger partial charge in [0.2, 0.25) is 0 Å². The maximum atomic E-state index is 14.6. The van der Waals surface area contributed by atoms with E-state index in [4.69, 9.17) is 9.47 Å². The number of fused-ring (bicyclic) bond motifs is 3. The molecule has 0 aromatic heterocycles. The summed E-state index contributed by atoms with van der Waals surface area (Å²) in [5.74, 6) is -2.12. The van der Waals surface area contributed by atoms with Crippen LogP contribution in [0.3, 0.4) is 0 Å². The Kier molecular flexibility index (Phi) is 8.76. The van der Waals surface area contributed by atoms with Gasteiger partial charge in [-0.25, -0.2) is 0 Å². The number of hydrogen-bond acceptors (Lipinski definition) is 4. The van der Waals surface area contributed by atoms with Crippen molar-refractivity contribution >= 4 is 16.7 Å². The summed E-state index contributed by atoms with van der Waals surface area (Å²) < 4.78 is 94.2. The molecule has 2 heterocycles. The second-order valence-corrected chi connectivity index (χ2v) is 12.6. The van der Waals surface area contributed by atoms with Crippen LogP contribution in [0.5, 0.6) is 5.75 Å². The molecule has 4 nitrogen and oxygen atoms in total. The fourth-order valence-electron chi connectivity index (χ4n) is 7.40. The number of benzene rings is 2. The van der Waals surface area contributed by atoms with Crippen molar-refractivity contribution in [2.75, 3.05) is 0 Å². The molecule has 2 bridgehead atoms. The summed E-state index contributed by atoms with van der Waals surface area (Å²) in [7, 11) is 0. The van der Waals surface area contributed by atoms with Crippen LogP contribution in [-0.4, -0.2) is 41.3 Å². The Morgan fingerprint density at radius 1 is 0.881 bits per heavy atom. The first-order valence-electron chi connectivity index (χ1n) is 15.1. The van der Waals surface area contributed by atoms with Gasteiger partial charge in [-0.05, 0) is 101 Å². The SMILES string of the molecule is CC(C)OC(=O)C1CC2CCCC(C1)N2C(C)c1ccc2ccc(O[C@H]3CC[C@@H](C(F)(F)F)CC3)c(C(F)(F)F)c2c1. The Morgan fingerprint density at radius 2 is 1.50 bits per heavy atom. The van der Waals surface area contributed by atoms with Crippen molar-refractivity contribution in [3.8, 4) is 5.75 Å².